The van der Waals surface area contributed by atoms with Gasteiger partial charge in [0.2, 0.25) is 0 Å². The number of hydrogen-bond acceptors (Lipinski definition) is 6. The van der Waals surface area contributed by atoms with Gasteiger partial charge in [-0.05, 0) is 94.6 Å². The lowest BCUT2D eigenvalue weighted by atomic mass is 10.00. The molecule has 3 amide bonds. The Kier molecular flexibility index (Phi) is 9.99. The minimum Gasteiger partial charge on any atom is -0.397 e. The van der Waals surface area contributed by atoms with E-state index < -0.39 is 0 Å². The number of hydrogen-bond donors (Lipinski definition) is 4. The van der Waals surface area contributed by atoms with Crippen LogP contribution in [0.5, 0.6) is 0 Å². The van der Waals surface area contributed by atoms with Crippen molar-refractivity contribution in [1.82, 2.24) is 15.1 Å². The predicted molar refractivity (Wildman–Crippen MR) is 164 cm³/mol. The monoisotopic (exact) mass is 543 g/mol. The molecule has 1 heterocycles. The molecular formula is C31H41N7O2. The molecule has 0 radical (unpaired) electrons. The number of benzene rings is 3. The van der Waals surface area contributed by atoms with E-state index >= 15 is 0 Å². The highest BCUT2D eigenvalue weighted by Gasteiger charge is 2.17. The van der Waals surface area contributed by atoms with Crippen LogP contribution in [0.2, 0.25) is 0 Å². The summed E-state index contributed by atoms with van der Waals surface area (Å²) in [6.45, 7) is 5.00. The second kappa shape index (κ2) is 13.8. The summed E-state index contributed by atoms with van der Waals surface area (Å²) in [6, 6.07) is 22.1. The number of likely N-dealkylation sites (N-methyl/N-ethyl adjacent to an activating group) is 1. The van der Waals surface area contributed by atoms with Gasteiger partial charge in [-0.1, -0.05) is 24.3 Å². The highest BCUT2D eigenvalue weighted by molar-refractivity contribution is 6.05. The lowest BCUT2D eigenvalue weighted by Crippen LogP contribution is -2.44. The third-order valence-corrected chi connectivity index (χ3v) is 7.18. The molecule has 4 rings (SSSR count). The Morgan fingerprint density at radius 2 is 1.57 bits per heavy atom. The first kappa shape index (κ1) is 28.9. The SMILES string of the molecule is CN(C)CCCC(NC(=O)Nc1ccc(N2CCN(C)CC2)cc1)c1ccc(C(=O)Nc2ccccc2N)cc1. The summed E-state index contributed by atoms with van der Waals surface area (Å²) in [4.78, 5) is 32.6. The molecule has 1 saturated heterocycles. The first-order valence-electron chi connectivity index (χ1n) is 13.8. The third kappa shape index (κ3) is 8.21. The van der Waals surface area contributed by atoms with Crippen molar-refractivity contribution in [3.8, 4) is 0 Å². The van der Waals surface area contributed by atoms with Gasteiger partial charge in [0.25, 0.3) is 5.91 Å². The van der Waals surface area contributed by atoms with Crippen LogP contribution < -0.4 is 26.6 Å². The van der Waals surface area contributed by atoms with Crippen molar-refractivity contribution in [2.45, 2.75) is 18.9 Å². The molecule has 9 heteroatoms. The molecule has 0 bridgehead atoms. The molecule has 0 aromatic heterocycles. The minimum atomic E-state index is -0.261. The molecule has 1 aliphatic heterocycles. The highest BCUT2D eigenvalue weighted by atomic mass is 16.2. The van der Waals surface area contributed by atoms with Gasteiger partial charge in [-0.25, -0.2) is 4.79 Å². The number of piperazine rings is 1. The van der Waals surface area contributed by atoms with E-state index in [-0.39, 0.29) is 18.0 Å². The van der Waals surface area contributed by atoms with E-state index in [1.165, 1.54) is 5.69 Å². The molecule has 3 aromatic rings. The van der Waals surface area contributed by atoms with Gasteiger partial charge >= 0.3 is 6.03 Å². The molecule has 0 aliphatic carbocycles. The van der Waals surface area contributed by atoms with Crippen LogP contribution >= 0.6 is 0 Å². The minimum absolute atomic E-state index is 0.202. The molecule has 0 spiro atoms. The number of nitrogens with one attached hydrogen (secondary N) is 3. The second-order valence-electron chi connectivity index (χ2n) is 10.6. The fourth-order valence-corrected chi connectivity index (χ4v) is 4.75. The van der Waals surface area contributed by atoms with Crippen molar-refractivity contribution in [1.29, 1.82) is 0 Å². The Bertz CT molecular complexity index is 1250. The van der Waals surface area contributed by atoms with Crippen LogP contribution in [0, 0.1) is 0 Å². The lowest BCUT2D eigenvalue weighted by molar-refractivity contribution is 0.102. The molecule has 0 saturated carbocycles. The summed E-state index contributed by atoms with van der Waals surface area (Å²) in [5, 5.41) is 8.96. The number of carbonyl (C=O) groups excluding carboxylic acids is 2. The maximum atomic E-state index is 13.0. The van der Waals surface area contributed by atoms with Gasteiger partial charge in [0.05, 0.1) is 17.4 Å². The van der Waals surface area contributed by atoms with Crippen molar-refractivity contribution in [3.63, 3.8) is 0 Å². The average molecular weight is 544 g/mol. The van der Waals surface area contributed by atoms with Crippen LogP contribution in [0.1, 0.15) is 34.8 Å². The van der Waals surface area contributed by atoms with Gasteiger partial charge in [-0.2, -0.15) is 0 Å². The zero-order valence-corrected chi connectivity index (χ0v) is 23.7. The molecule has 5 N–H and O–H groups in total. The fourth-order valence-electron chi connectivity index (χ4n) is 4.75. The summed E-state index contributed by atoms with van der Waals surface area (Å²) in [5.41, 5.74) is 10.4. The Morgan fingerprint density at radius 3 is 2.23 bits per heavy atom. The van der Waals surface area contributed by atoms with Crippen LogP contribution in [0.4, 0.5) is 27.5 Å². The Hall–Kier alpha value is -4.08. The predicted octanol–water partition coefficient (Wildman–Crippen LogP) is 4.48. The molecule has 40 heavy (non-hydrogen) atoms. The molecular weight excluding hydrogens is 502 g/mol. The number of para-hydroxylation sites is 2. The zero-order chi connectivity index (χ0) is 28.5. The number of urea groups is 1. The van der Waals surface area contributed by atoms with E-state index in [4.69, 9.17) is 5.73 Å². The lowest BCUT2D eigenvalue weighted by Gasteiger charge is -2.34. The summed E-state index contributed by atoms with van der Waals surface area (Å²) in [6.07, 6.45) is 1.67. The van der Waals surface area contributed by atoms with Crippen LogP contribution in [0.3, 0.4) is 0 Å². The van der Waals surface area contributed by atoms with Gasteiger partial charge in [-0.15, -0.1) is 0 Å². The smallest absolute Gasteiger partial charge is 0.319 e. The molecule has 1 aliphatic rings. The number of carbonyl (C=O) groups is 2. The normalized spacial score (nSPS) is 14.6. The van der Waals surface area contributed by atoms with E-state index in [0.717, 1.165) is 56.8 Å². The van der Waals surface area contributed by atoms with Crippen molar-refractivity contribution in [2.75, 3.05) is 75.1 Å². The third-order valence-electron chi connectivity index (χ3n) is 7.18. The van der Waals surface area contributed by atoms with Gasteiger partial charge in [-0.3, -0.25) is 4.79 Å². The maximum absolute atomic E-state index is 13.0. The van der Waals surface area contributed by atoms with E-state index in [0.29, 0.717) is 16.9 Å². The van der Waals surface area contributed by atoms with Crippen LogP contribution in [-0.2, 0) is 0 Å². The zero-order valence-electron chi connectivity index (χ0n) is 23.7. The van der Waals surface area contributed by atoms with Crippen LogP contribution in [-0.4, -0.2) is 75.6 Å². The van der Waals surface area contributed by atoms with Gasteiger partial charge in [0, 0.05) is 43.1 Å². The van der Waals surface area contributed by atoms with Crippen molar-refractivity contribution in [2.24, 2.45) is 0 Å². The molecule has 1 atom stereocenters. The average Bonchev–Trinajstić information content (AvgIpc) is 2.94. The van der Waals surface area contributed by atoms with Gasteiger partial charge < -0.3 is 36.4 Å². The molecule has 3 aromatic carbocycles. The Labute approximate surface area is 237 Å². The summed E-state index contributed by atoms with van der Waals surface area (Å²) in [5.74, 6) is -0.237. The second-order valence-corrected chi connectivity index (χ2v) is 10.6. The Morgan fingerprint density at radius 1 is 0.900 bits per heavy atom. The molecule has 1 unspecified atom stereocenters. The molecule has 212 valence electrons. The quantitative estimate of drug-likeness (QED) is 0.281. The number of nitrogens with zero attached hydrogens (tertiary/aromatic N) is 3. The van der Waals surface area contributed by atoms with E-state index in [1.807, 2.05) is 50.5 Å². The number of anilines is 4. The fraction of sp³-hybridized carbons (Fsp3) is 0.355. The van der Waals surface area contributed by atoms with Crippen molar-refractivity contribution >= 4 is 34.7 Å². The summed E-state index contributed by atoms with van der Waals surface area (Å²) >= 11 is 0. The number of rotatable bonds is 10. The van der Waals surface area contributed by atoms with Gasteiger partial charge in [0.15, 0.2) is 0 Å². The summed E-state index contributed by atoms with van der Waals surface area (Å²) in [7, 11) is 6.21. The van der Waals surface area contributed by atoms with Gasteiger partial charge in [0.1, 0.15) is 0 Å². The van der Waals surface area contributed by atoms with Crippen molar-refractivity contribution < 1.29 is 9.59 Å². The number of nitrogens with two attached hydrogens (primary N) is 1. The number of nitrogen functional groups attached to an aromatic ring is 1. The molecule has 1 fully saturated rings. The van der Waals surface area contributed by atoms with Crippen LogP contribution in [0.15, 0.2) is 72.8 Å². The van der Waals surface area contributed by atoms with Crippen LogP contribution in [0.25, 0.3) is 0 Å². The summed E-state index contributed by atoms with van der Waals surface area (Å²) < 4.78 is 0. The first-order chi connectivity index (χ1) is 19.3. The number of amides is 3. The largest absolute Gasteiger partial charge is 0.397 e. The maximum Gasteiger partial charge on any atom is 0.319 e. The Balaban J connectivity index is 1.38. The van der Waals surface area contributed by atoms with Crippen molar-refractivity contribution in [3.05, 3.63) is 83.9 Å². The van der Waals surface area contributed by atoms with E-state index in [2.05, 4.69) is 49.8 Å². The standard InChI is InChI=1S/C31H41N7O2/c1-36(2)18-6-9-28(23-10-12-24(13-11-23)30(39)34-29-8-5-4-7-27(29)32)35-31(40)33-25-14-16-26(17-15-25)38-21-19-37(3)20-22-38/h4-5,7-8,10-17,28H,6,9,18-22,32H2,1-3H3,(H,34,39)(H2,33,35,40). The topological polar surface area (TPSA) is 106 Å². The first-order valence-corrected chi connectivity index (χ1v) is 13.8. The van der Waals surface area contributed by atoms with E-state index in [9.17, 15) is 9.59 Å². The highest BCUT2D eigenvalue weighted by Crippen LogP contribution is 2.23. The van der Waals surface area contributed by atoms with E-state index in [1.54, 1.807) is 24.3 Å². The molecule has 9 nitrogen and oxygen atoms in total.